The van der Waals surface area contributed by atoms with Crippen LogP contribution in [0.15, 0.2) is 71.5 Å². The number of carbonyl (C=O) groups excluding carboxylic acids is 2. The predicted molar refractivity (Wildman–Crippen MR) is 168 cm³/mol. The number of para-hydroxylation sites is 1. The van der Waals surface area contributed by atoms with Gasteiger partial charge in [0.1, 0.15) is 7.28 Å². The minimum atomic E-state index is -0.524. The van der Waals surface area contributed by atoms with Gasteiger partial charge in [0.25, 0.3) is 17.5 Å². The van der Waals surface area contributed by atoms with E-state index in [2.05, 4.69) is 22.5 Å². The molecule has 5 aromatic rings. The van der Waals surface area contributed by atoms with E-state index in [1.165, 1.54) is 17.0 Å². The maximum absolute atomic E-state index is 13.4. The number of non-ortho nitro benzene ring substituents is 1. The summed E-state index contributed by atoms with van der Waals surface area (Å²) >= 11 is 0. The Balaban J connectivity index is 0.951. The summed E-state index contributed by atoms with van der Waals surface area (Å²) < 4.78 is 2.15. The Morgan fingerprint density at radius 1 is 0.907 bits per heavy atom. The SMILES string of the molecule is O=C1c2cccc3cc([N+](=O)[O-])cc(c23)C(=O)N1CCC[B]CCCNc1ccc2c3c1c(=O)c1ccccc1n3CN2. The molecular formula is C32H27BN5O5. The highest BCUT2D eigenvalue weighted by molar-refractivity contribution is 6.35. The summed E-state index contributed by atoms with van der Waals surface area (Å²) in [6.07, 6.45) is 2.98. The Morgan fingerprint density at radius 3 is 2.58 bits per heavy atom. The van der Waals surface area contributed by atoms with E-state index in [1.807, 2.05) is 36.4 Å². The third kappa shape index (κ3) is 4.39. The molecule has 0 saturated carbocycles. The number of fused-ring (bicyclic) bond motifs is 2. The second kappa shape index (κ2) is 10.6. The Morgan fingerprint density at radius 2 is 1.72 bits per heavy atom. The van der Waals surface area contributed by atoms with E-state index in [0.717, 1.165) is 35.1 Å². The van der Waals surface area contributed by atoms with Gasteiger partial charge in [-0.15, -0.1) is 0 Å². The van der Waals surface area contributed by atoms with Gasteiger partial charge in [-0.2, -0.15) is 0 Å². The summed E-state index contributed by atoms with van der Waals surface area (Å²) in [7, 11) is 2.14. The van der Waals surface area contributed by atoms with Gasteiger partial charge in [-0.25, -0.2) is 0 Å². The van der Waals surface area contributed by atoms with Crippen LogP contribution in [0.25, 0.3) is 32.6 Å². The predicted octanol–water partition coefficient (Wildman–Crippen LogP) is 5.63. The van der Waals surface area contributed by atoms with E-state index >= 15 is 0 Å². The zero-order chi connectivity index (χ0) is 29.7. The molecule has 3 heterocycles. The highest BCUT2D eigenvalue weighted by Crippen LogP contribution is 2.35. The number of imide groups is 1. The lowest BCUT2D eigenvalue weighted by Gasteiger charge is -2.27. The smallest absolute Gasteiger partial charge is 0.270 e. The second-order valence-corrected chi connectivity index (χ2v) is 10.9. The van der Waals surface area contributed by atoms with Crippen molar-refractivity contribution in [2.75, 3.05) is 23.7 Å². The van der Waals surface area contributed by atoms with Gasteiger partial charge in [-0.1, -0.05) is 36.9 Å². The van der Waals surface area contributed by atoms with E-state index in [9.17, 15) is 24.5 Å². The fraction of sp³-hybridized carbons (Fsp3) is 0.219. The van der Waals surface area contributed by atoms with E-state index in [4.69, 9.17) is 0 Å². The van der Waals surface area contributed by atoms with Crippen LogP contribution >= 0.6 is 0 Å². The summed E-state index contributed by atoms with van der Waals surface area (Å²) in [5.41, 5.74) is 4.08. The van der Waals surface area contributed by atoms with E-state index in [1.54, 1.807) is 18.2 Å². The standard InChI is InChI=1S/C32H27BN5O5/c39-30-21-7-1-2-9-26(21)37-18-35-25-11-10-24(28(30)29(25)37)34-14-4-12-33-13-5-15-36-31(40)22-8-3-6-19-16-20(38(42)43)17-23(27(19)22)32(36)41/h1-3,6-11,16-17,34-35H,4-5,12-15,18H2. The number of hydrogen-bond donors (Lipinski definition) is 2. The molecule has 2 aliphatic heterocycles. The molecule has 0 spiro atoms. The van der Waals surface area contributed by atoms with Crippen molar-refractivity contribution in [3.8, 4) is 0 Å². The number of amides is 2. The Kier molecular flexibility index (Phi) is 6.57. The van der Waals surface area contributed by atoms with Crippen LogP contribution in [0.1, 0.15) is 33.6 Å². The number of nitro benzene ring substituents is 1. The molecule has 0 bridgehead atoms. The third-order valence-electron chi connectivity index (χ3n) is 8.36. The number of hydrogen-bond acceptors (Lipinski definition) is 7. The van der Waals surface area contributed by atoms with Gasteiger partial charge < -0.3 is 15.2 Å². The summed E-state index contributed by atoms with van der Waals surface area (Å²) in [6.45, 7) is 1.55. The average molecular weight is 572 g/mol. The van der Waals surface area contributed by atoms with Crippen molar-refractivity contribution in [1.82, 2.24) is 9.47 Å². The van der Waals surface area contributed by atoms with Gasteiger partial charge >= 0.3 is 0 Å². The Hall–Kier alpha value is -5.19. The Labute approximate surface area is 246 Å². The number of benzene rings is 4. The second-order valence-electron chi connectivity index (χ2n) is 10.9. The lowest BCUT2D eigenvalue weighted by atomic mass is 9.69. The highest BCUT2D eigenvalue weighted by Gasteiger charge is 2.34. The number of nitro groups is 1. The van der Waals surface area contributed by atoms with Crippen LogP contribution in [0.2, 0.25) is 12.6 Å². The molecule has 7 rings (SSSR count). The molecule has 0 unspecified atom stereocenters. The van der Waals surface area contributed by atoms with Crippen LogP contribution in [0, 0.1) is 10.1 Å². The molecule has 43 heavy (non-hydrogen) atoms. The number of anilines is 2. The van der Waals surface area contributed by atoms with Crippen molar-refractivity contribution in [2.45, 2.75) is 32.2 Å². The molecule has 1 aromatic heterocycles. The number of nitrogens with one attached hydrogen (secondary N) is 2. The van der Waals surface area contributed by atoms with Crippen LogP contribution in [0.5, 0.6) is 0 Å². The molecule has 4 aromatic carbocycles. The first-order chi connectivity index (χ1) is 20.9. The fourth-order valence-corrected chi connectivity index (χ4v) is 6.33. The molecule has 10 nitrogen and oxygen atoms in total. The monoisotopic (exact) mass is 572 g/mol. The highest BCUT2D eigenvalue weighted by atomic mass is 16.6. The molecule has 0 fully saturated rings. The van der Waals surface area contributed by atoms with Crippen LogP contribution in [0.4, 0.5) is 17.1 Å². The Bertz CT molecular complexity index is 2060. The van der Waals surface area contributed by atoms with Gasteiger partial charge in [0, 0.05) is 47.2 Å². The minimum absolute atomic E-state index is 0.0248. The van der Waals surface area contributed by atoms with Gasteiger partial charge in [-0.3, -0.25) is 29.4 Å². The maximum atomic E-state index is 13.4. The van der Waals surface area contributed by atoms with Crippen LogP contribution in [-0.4, -0.2) is 46.6 Å². The zero-order valence-corrected chi connectivity index (χ0v) is 23.3. The normalized spacial score (nSPS) is 13.6. The van der Waals surface area contributed by atoms with Crippen molar-refractivity contribution in [3.63, 3.8) is 0 Å². The van der Waals surface area contributed by atoms with Gasteiger partial charge in [-0.05, 0) is 48.6 Å². The van der Waals surface area contributed by atoms with Crippen molar-refractivity contribution < 1.29 is 14.5 Å². The maximum Gasteiger partial charge on any atom is 0.270 e. The summed E-state index contributed by atoms with van der Waals surface area (Å²) in [4.78, 5) is 51.8. The summed E-state index contributed by atoms with van der Waals surface area (Å²) in [5, 5.41) is 20.6. The summed E-state index contributed by atoms with van der Waals surface area (Å²) in [6, 6.07) is 19.3. The van der Waals surface area contributed by atoms with Crippen molar-refractivity contribution >= 4 is 68.7 Å². The van der Waals surface area contributed by atoms with Crippen molar-refractivity contribution in [1.29, 1.82) is 0 Å². The first-order valence-electron chi connectivity index (χ1n) is 14.4. The minimum Gasteiger partial charge on any atom is -0.384 e. The number of rotatable bonds is 10. The molecule has 213 valence electrons. The van der Waals surface area contributed by atoms with E-state index < -0.39 is 10.8 Å². The lowest BCUT2D eigenvalue weighted by Crippen LogP contribution is -2.41. The molecule has 0 saturated heterocycles. The molecule has 2 amide bonds. The average Bonchev–Trinajstić information content (AvgIpc) is 3.45. The van der Waals surface area contributed by atoms with Crippen LogP contribution in [0.3, 0.4) is 0 Å². The molecule has 0 atom stereocenters. The third-order valence-corrected chi connectivity index (χ3v) is 8.36. The van der Waals surface area contributed by atoms with Crippen LogP contribution in [-0.2, 0) is 6.67 Å². The summed E-state index contributed by atoms with van der Waals surface area (Å²) in [5.74, 6) is -0.865. The quantitative estimate of drug-likeness (QED) is 0.0555. The molecule has 1 radical (unpaired) electrons. The lowest BCUT2D eigenvalue weighted by molar-refractivity contribution is -0.384. The van der Waals surface area contributed by atoms with Crippen molar-refractivity contribution in [3.05, 3.63) is 98.2 Å². The van der Waals surface area contributed by atoms with Gasteiger partial charge in [0.05, 0.1) is 39.3 Å². The molecule has 2 aliphatic rings. The van der Waals surface area contributed by atoms with E-state index in [0.29, 0.717) is 53.1 Å². The van der Waals surface area contributed by atoms with Crippen LogP contribution < -0.4 is 16.1 Å². The number of pyridine rings is 1. The van der Waals surface area contributed by atoms with E-state index in [-0.39, 0.29) is 29.1 Å². The first-order valence-corrected chi connectivity index (χ1v) is 14.4. The number of carbonyl (C=O) groups is 2. The number of nitrogens with zero attached hydrogens (tertiary/aromatic N) is 3. The number of aromatic nitrogens is 1. The molecule has 11 heteroatoms. The zero-order valence-electron chi connectivity index (χ0n) is 23.3. The van der Waals surface area contributed by atoms with Crippen molar-refractivity contribution in [2.24, 2.45) is 0 Å². The molecular weight excluding hydrogens is 545 g/mol. The molecule has 2 N–H and O–H groups in total. The van der Waals surface area contributed by atoms with Gasteiger partial charge in [0.2, 0.25) is 0 Å². The molecule has 0 aliphatic carbocycles. The topological polar surface area (TPSA) is 127 Å². The largest absolute Gasteiger partial charge is 0.384 e. The first kappa shape index (κ1) is 26.7. The fourth-order valence-electron chi connectivity index (χ4n) is 6.33. The van der Waals surface area contributed by atoms with Gasteiger partial charge in [0.15, 0.2) is 5.43 Å².